The van der Waals surface area contributed by atoms with Crippen LogP contribution in [0.5, 0.6) is 5.75 Å². The summed E-state index contributed by atoms with van der Waals surface area (Å²) in [5, 5.41) is 12.5. The largest absolute Gasteiger partial charge is 0.507 e. The van der Waals surface area contributed by atoms with Crippen LogP contribution in [0.1, 0.15) is 43.0 Å². The minimum atomic E-state index is -0.519. The summed E-state index contributed by atoms with van der Waals surface area (Å²) in [5.74, 6) is -0.670. The van der Waals surface area contributed by atoms with Gasteiger partial charge in [-0.25, -0.2) is 4.39 Å². The van der Waals surface area contributed by atoms with E-state index in [1.165, 1.54) is 12.5 Å². The van der Waals surface area contributed by atoms with E-state index < -0.39 is 11.7 Å². The number of halogens is 1. The number of hydrogen-bond donors (Lipinski definition) is 2. The number of phenols is 1. The van der Waals surface area contributed by atoms with Gasteiger partial charge < -0.3 is 10.4 Å². The zero-order chi connectivity index (χ0) is 13.1. The molecule has 0 saturated heterocycles. The van der Waals surface area contributed by atoms with Crippen LogP contribution in [0.2, 0.25) is 0 Å². The number of aromatic hydroxyl groups is 1. The van der Waals surface area contributed by atoms with Crippen LogP contribution in [0.25, 0.3) is 0 Å². The molecule has 1 saturated carbocycles. The molecule has 3 nitrogen and oxygen atoms in total. The first-order valence-corrected chi connectivity index (χ1v) is 6.37. The maximum Gasteiger partial charge on any atom is 0.255 e. The van der Waals surface area contributed by atoms with Crippen LogP contribution in [0.4, 0.5) is 4.39 Å². The van der Waals surface area contributed by atoms with E-state index in [1.54, 1.807) is 0 Å². The molecule has 2 N–H and O–H groups in total. The molecular weight excluding hydrogens is 233 g/mol. The van der Waals surface area contributed by atoms with Gasteiger partial charge in [0.15, 0.2) is 0 Å². The Morgan fingerprint density at radius 2 is 2.11 bits per heavy atom. The molecule has 1 aromatic rings. The Kier molecular flexibility index (Phi) is 3.84. The lowest BCUT2D eigenvalue weighted by Crippen LogP contribution is -2.41. The van der Waals surface area contributed by atoms with Crippen LogP contribution < -0.4 is 5.32 Å². The van der Waals surface area contributed by atoms with Crippen molar-refractivity contribution in [1.82, 2.24) is 5.32 Å². The van der Waals surface area contributed by atoms with Gasteiger partial charge in [0, 0.05) is 6.04 Å². The summed E-state index contributed by atoms with van der Waals surface area (Å²) in [4.78, 5) is 12.0. The molecule has 1 fully saturated rings. The maximum atomic E-state index is 13.1. The fraction of sp³-hybridized carbons (Fsp3) is 0.500. The Balaban J connectivity index is 2.09. The second kappa shape index (κ2) is 5.38. The van der Waals surface area contributed by atoms with Crippen molar-refractivity contribution in [3.63, 3.8) is 0 Å². The topological polar surface area (TPSA) is 49.3 Å². The fourth-order valence-electron chi connectivity index (χ4n) is 2.47. The van der Waals surface area contributed by atoms with Gasteiger partial charge in [0.05, 0.1) is 5.56 Å². The summed E-state index contributed by atoms with van der Waals surface area (Å²) in [6.07, 6.45) is 4.34. The van der Waals surface area contributed by atoms with Gasteiger partial charge in [-0.05, 0) is 37.0 Å². The van der Waals surface area contributed by atoms with Gasteiger partial charge in [0.1, 0.15) is 11.6 Å². The van der Waals surface area contributed by atoms with Gasteiger partial charge in [-0.1, -0.05) is 19.8 Å². The van der Waals surface area contributed by atoms with Gasteiger partial charge in [-0.2, -0.15) is 0 Å². The minimum Gasteiger partial charge on any atom is -0.507 e. The van der Waals surface area contributed by atoms with E-state index in [2.05, 4.69) is 12.2 Å². The number of carbonyl (C=O) groups excluding carboxylic acids is 1. The second-order valence-corrected chi connectivity index (χ2v) is 5.00. The summed E-state index contributed by atoms with van der Waals surface area (Å²) in [6.45, 7) is 2.11. The van der Waals surface area contributed by atoms with Crippen LogP contribution in [-0.4, -0.2) is 17.1 Å². The predicted octanol–water partition coefficient (Wildman–Crippen LogP) is 2.84. The van der Waals surface area contributed by atoms with E-state index in [0.717, 1.165) is 31.4 Å². The normalized spacial score (nSPS) is 23.7. The van der Waals surface area contributed by atoms with Gasteiger partial charge in [-0.3, -0.25) is 4.79 Å². The molecule has 18 heavy (non-hydrogen) atoms. The molecule has 1 amide bonds. The number of hydrogen-bond acceptors (Lipinski definition) is 2. The zero-order valence-electron chi connectivity index (χ0n) is 10.4. The smallest absolute Gasteiger partial charge is 0.255 e. The first-order chi connectivity index (χ1) is 8.58. The number of amides is 1. The van der Waals surface area contributed by atoms with Crippen LogP contribution in [0.3, 0.4) is 0 Å². The number of nitrogens with one attached hydrogen (secondary N) is 1. The average Bonchev–Trinajstić information content (AvgIpc) is 2.35. The lowest BCUT2D eigenvalue weighted by molar-refractivity contribution is 0.0907. The van der Waals surface area contributed by atoms with Crippen molar-refractivity contribution in [3.8, 4) is 5.75 Å². The molecule has 0 aliphatic heterocycles. The summed E-state index contributed by atoms with van der Waals surface area (Å²) >= 11 is 0. The second-order valence-electron chi connectivity index (χ2n) is 5.00. The first-order valence-electron chi connectivity index (χ1n) is 6.37. The molecular formula is C14H18FNO2. The molecule has 0 heterocycles. The molecule has 2 atom stereocenters. The number of carbonyl (C=O) groups is 1. The van der Waals surface area contributed by atoms with E-state index in [9.17, 15) is 14.3 Å². The SMILES string of the molecule is CC1CCCCC1NC(=O)c1cc(F)ccc1O. The van der Waals surface area contributed by atoms with Crippen LogP contribution >= 0.6 is 0 Å². The lowest BCUT2D eigenvalue weighted by atomic mass is 9.86. The maximum absolute atomic E-state index is 13.1. The molecule has 0 aromatic heterocycles. The summed E-state index contributed by atoms with van der Waals surface area (Å²) in [6, 6.07) is 3.52. The van der Waals surface area contributed by atoms with Crippen molar-refractivity contribution < 1.29 is 14.3 Å². The monoisotopic (exact) mass is 251 g/mol. The Morgan fingerprint density at radius 1 is 1.39 bits per heavy atom. The van der Waals surface area contributed by atoms with Gasteiger partial charge in [0.2, 0.25) is 0 Å². The fourth-order valence-corrected chi connectivity index (χ4v) is 2.47. The molecule has 0 bridgehead atoms. The van der Waals surface area contributed by atoms with E-state index in [1.807, 2.05) is 0 Å². The summed E-state index contributed by atoms with van der Waals surface area (Å²) < 4.78 is 13.1. The standard InChI is InChI=1S/C14H18FNO2/c1-9-4-2-3-5-12(9)16-14(18)11-8-10(15)6-7-13(11)17/h6-9,12,17H,2-5H2,1H3,(H,16,18). The third-order valence-electron chi connectivity index (χ3n) is 3.63. The Morgan fingerprint density at radius 3 is 2.83 bits per heavy atom. The molecule has 1 aliphatic rings. The highest BCUT2D eigenvalue weighted by Crippen LogP contribution is 2.25. The van der Waals surface area contributed by atoms with Crippen molar-refractivity contribution in [2.45, 2.75) is 38.6 Å². The van der Waals surface area contributed by atoms with Gasteiger partial charge >= 0.3 is 0 Å². The summed E-state index contributed by atoms with van der Waals surface area (Å²) in [7, 11) is 0. The molecule has 1 aliphatic carbocycles. The highest BCUT2D eigenvalue weighted by atomic mass is 19.1. The Hall–Kier alpha value is -1.58. The third kappa shape index (κ3) is 2.81. The molecule has 0 radical (unpaired) electrons. The van der Waals surface area contributed by atoms with Crippen molar-refractivity contribution in [3.05, 3.63) is 29.6 Å². The van der Waals surface area contributed by atoms with Gasteiger partial charge in [0.25, 0.3) is 5.91 Å². The quantitative estimate of drug-likeness (QED) is 0.849. The lowest BCUT2D eigenvalue weighted by Gasteiger charge is -2.29. The molecule has 2 unspecified atom stereocenters. The van der Waals surface area contributed by atoms with E-state index in [4.69, 9.17) is 0 Å². The Labute approximate surface area is 106 Å². The van der Waals surface area contributed by atoms with Crippen molar-refractivity contribution in [2.24, 2.45) is 5.92 Å². The van der Waals surface area contributed by atoms with E-state index in [-0.39, 0.29) is 17.4 Å². The Bertz CT molecular complexity index is 447. The molecule has 98 valence electrons. The predicted molar refractivity (Wildman–Crippen MR) is 67.0 cm³/mol. The van der Waals surface area contributed by atoms with Gasteiger partial charge in [-0.15, -0.1) is 0 Å². The van der Waals surface area contributed by atoms with Crippen LogP contribution in [0, 0.1) is 11.7 Å². The molecule has 1 aromatic carbocycles. The average molecular weight is 251 g/mol. The van der Waals surface area contributed by atoms with Crippen LogP contribution in [-0.2, 0) is 0 Å². The van der Waals surface area contributed by atoms with Crippen molar-refractivity contribution in [2.75, 3.05) is 0 Å². The van der Waals surface area contributed by atoms with Crippen LogP contribution in [0.15, 0.2) is 18.2 Å². The van der Waals surface area contributed by atoms with Crippen molar-refractivity contribution >= 4 is 5.91 Å². The molecule has 0 spiro atoms. The number of phenolic OH excluding ortho intramolecular Hbond substituents is 1. The molecule has 2 rings (SSSR count). The molecule has 4 heteroatoms. The highest BCUT2D eigenvalue weighted by molar-refractivity contribution is 5.97. The zero-order valence-corrected chi connectivity index (χ0v) is 10.4. The third-order valence-corrected chi connectivity index (χ3v) is 3.63. The van der Waals surface area contributed by atoms with E-state index >= 15 is 0 Å². The highest BCUT2D eigenvalue weighted by Gasteiger charge is 2.24. The number of rotatable bonds is 2. The van der Waals surface area contributed by atoms with Crippen molar-refractivity contribution in [1.29, 1.82) is 0 Å². The summed E-state index contributed by atoms with van der Waals surface area (Å²) in [5.41, 5.74) is 0.00720. The first kappa shape index (κ1) is 12.9. The van der Waals surface area contributed by atoms with E-state index in [0.29, 0.717) is 5.92 Å². The minimum absolute atomic E-state index is 0.00720. The number of benzene rings is 1.